The molecule has 4 nitrogen and oxygen atoms in total. The summed E-state index contributed by atoms with van der Waals surface area (Å²) in [5.41, 5.74) is 2.43. The van der Waals surface area contributed by atoms with E-state index >= 15 is 0 Å². The van der Waals surface area contributed by atoms with E-state index in [1.165, 1.54) is 11.3 Å². The number of rotatable bonds is 2. The van der Waals surface area contributed by atoms with Gasteiger partial charge >= 0.3 is 0 Å². The molecule has 2 aromatic rings. The van der Waals surface area contributed by atoms with Gasteiger partial charge in [0.1, 0.15) is 5.75 Å². The summed E-state index contributed by atoms with van der Waals surface area (Å²) in [7, 11) is 0. The van der Waals surface area contributed by atoms with Crippen LogP contribution in [0.25, 0.3) is 0 Å². The summed E-state index contributed by atoms with van der Waals surface area (Å²) < 4.78 is 0. The number of nitrogens with one attached hydrogen (secondary N) is 1. The molecule has 0 spiro atoms. The van der Waals surface area contributed by atoms with Crippen LogP contribution < -0.4 is 5.32 Å². The first-order valence-corrected chi connectivity index (χ1v) is 8.89. The first-order chi connectivity index (χ1) is 10.9. The van der Waals surface area contributed by atoms with Crippen LogP contribution in [-0.4, -0.2) is 16.0 Å². The predicted molar refractivity (Wildman–Crippen MR) is 100 cm³/mol. The normalized spacial score (nSPS) is 12.3. The molecule has 2 N–H and O–H groups in total. The number of aromatic hydroxyl groups is 1. The summed E-state index contributed by atoms with van der Waals surface area (Å²) in [5.74, 6) is 0.0667. The van der Waals surface area contributed by atoms with Crippen molar-refractivity contribution < 1.29 is 9.90 Å². The standard InChI is InChI=1S/C19H26N2O2S/c1-11-10-24-17(20-11)21-16(23)12-8-13(18(2,3)4)15(22)14(9-12)19(5,6)7/h8-10,22H,1-7H3,(H,20,21,23). The third-order valence-corrected chi connectivity index (χ3v) is 4.70. The fourth-order valence-electron chi connectivity index (χ4n) is 2.49. The van der Waals surface area contributed by atoms with Crippen molar-refractivity contribution in [1.82, 2.24) is 4.98 Å². The van der Waals surface area contributed by atoms with E-state index in [-0.39, 0.29) is 22.5 Å². The number of hydrogen-bond acceptors (Lipinski definition) is 4. The Morgan fingerprint density at radius 3 is 1.96 bits per heavy atom. The lowest BCUT2D eigenvalue weighted by Gasteiger charge is -2.28. The zero-order valence-electron chi connectivity index (χ0n) is 15.4. The third-order valence-electron chi connectivity index (χ3n) is 3.83. The lowest BCUT2D eigenvalue weighted by Crippen LogP contribution is -2.20. The van der Waals surface area contributed by atoms with Gasteiger partial charge in [0, 0.05) is 22.1 Å². The van der Waals surface area contributed by atoms with Crippen molar-refractivity contribution in [3.8, 4) is 5.75 Å². The number of hydrogen-bond donors (Lipinski definition) is 2. The predicted octanol–water partition coefficient (Wildman–Crippen LogP) is 5.00. The first kappa shape index (κ1) is 18.5. The Bertz CT molecular complexity index is 729. The SMILES string of the molecule is Cc1csc(NC(=O)c2cc(C(C)(C)C)c(O)c(C(C)(C)C)c2)n1. The molecule has 1 aromatic carbocycles. The van der Waals surface area contributed by atoms with Gasteiger partial charge in [-0.15, -0.1) is 11.3 Å². The smallest absolute Gasteiger partial charge is 0.257 e. The molecule has 0 aliphatic carbocycles. The van der Waals surface area contributed by atoms with Crippen LogP contribution in [0.1, 0.15) is 68.7 Å². The highest BCUT2D eigenvalue weighted by Gasteiger charge is 2.27. The summed E-state index contributed by atoms with van der Waals surface area (Å²) in [6.45, 7) is 14.1. The van der Waals surface area contributed by atoms with Crippen molar-refractivity contribution in [2.24, 2.45) is 0 Å². The molecule has 1 amide bonds. The van der Waals surface area contributed by atoms with Crippen LogP contribution in [0.3, 0.4) is 0 Å². The van der Waals surface area contributed by atoms with Crippen molar-refractivity contribution in [3.63, 3.8) is 0 Å². The third kappa shape index (κ3) is 3.96. The molecule has 5 heteroatoms. The second-order valence-electron chi connectivity index (χ2n) is 8.17. The van der Waals surface area contributed by atoms with Crippen LogP contribution in [0.15, 0.2) is 17.5 Å². The molecule has 2 rings (SSSR count). The van der Waals surface area contributed by atoms with E-state index in [9.17, 15) is 9.90 Å². The van der Waals surface area contributed by atoms with Crippen LogP contribution in [-0.2, 0) is 10.8 Å². The van der Waals surface area contributed by atoms with Gasteiger partial charge in [-0.1, -0.05) is 41.5 Å². The average molecular weight is 346 g/mol. The molecule has 1 heterocycles. The number of thiazole rings is 1. The number of carbonyl (C=O) groups excluding carboxylic acids is 1. The Kier molecular flexibility index (Phi) is 4.77. The van der Waals surface area contributed by atoms with Gasteiger partial charge in [-0.25, -0.2) is 4.98 Å². The van der Waals surface area contributed by atoms with Gasteiger partial charge in [0.2, 0.25) is 0 Å². The number of nitrogens with zero attached hydrogens (tertiary/aromatic N) is 1. The minimum absolute atomic E-state index is 0.208. The molecular weight excluding hydrogens is 320 g/mol. The van der Waals surface area contributed by atoms with E-state index in [0.717, 1.165) is 16.8 Å². The molecule has 0 bridgehead atoms. The minimum Gasteiger partial charge on any atom is -0.507 e. The van der Waals surface area contributed by atoms with Crippen molar-refractivity contribution in [2.75, 3.05) is 5.32 Å². The number of carbonyl (C=O) groups is 1. The lowest BCUT2D eigenvalue weighted by molar-refractivity contribution is 0.102. The quantitative estimate of drug-likeness (QED) is 0.804. The Labute approximate surface area is 148 Å². The summed E-state index contributed by atoms with van der Waals surface area (Å²) in [6, 6.07) is 3.56. The molecule has 0 atom stereocenters. The van der Waals surface area contributed by atoms with Gasteiger partial charge in [-0.2, -0.15) is 0 Å². The topological polar surface area (TPSA) is 62.2 Å². The van der Waals surface area contributed by atoms with E-state index in [2.05, 4.69) is 10.3 Å². The summed E-state index contributed by atoms with van der Waals surface area (Å²) in [4.78, 5) is 16.9. The monoisotopic (exact) mass is 346 g/mol. The van der Waals surface area contributed by atoms with Gasteiger partial charge in [-0.3, -0.25) is 10.1 Å². The second-order valence-corrected chi connectivity index (χ2v) is 9.03. The number of amides is 1. The number of aromatic nitrogens is 1. The molecule has 130 valence electrons. The van der Waals surface area contributed by atoms with Crippen LogP contribution >= 0.6 is 11.3 Å². The molecule has 0 radical (unpaired) electrons. The number of anilines is 1. The fraction of sp³-hybridized carbons (Fsp3) is 0.474. The Hall–Kier alpha value is -1.88. The van der Waals surface area contributed by atoms with Crippen LogP contribution in [0.5, 0.6) is 5.75 Å². The maximum absolute atomic E-state index is 12.7. The van der Waals surface area contributed by atoms with Gasteiger partial charge in [0.05, 0.1) is 5.69 Å². The van der Waals surface area contributed by atoms with Gasteiger partial charge in [-0.05, 0) is 29.9 Å². The number of phenols is 1. The molecule has 0 aliphatic heterocycles. The molecule has 0 unspecified atom stereocenters. The van der Waals surface area contributed by atoms with E-state index < -0.39 is 0 Å². The van der Waals surface area contributed by atoms with Gasteiger partial charge in [0.25, 0.3) is 5.91 Å². The summed E-state index contributed by atoms with van der Waals surface area (Å²) in [5, 5.41) is 16.0. The van der Waals surface area contributed by atoms with E-state index in [0.29, 0.717) is 10.7 Å². The molecule has 24 heavy (non-hydrogen) atoms. The van der Waals surface area contributed by atoms with E-state index in [1.54, 1.807) is 12.1 Å². The molecule has 0 aliphatic rings. The number of benzene rings is 1. The fourth-order valence-corrected chi connectivity index (χ4v) is 3.17. The highest BCUT2D eigenvalue weighted by Crippen LogP contribution is 2.39. The molecule has 0 saturated heterocycles. The zero-order valence-corrected chi connectivity index (χ0v) is 16.3. The Balaban J connectivity index is 2.51. The second kappa shape index (κ2) is 6.20. The summed E-state index contributed by atoms with van der Waals surface area (Å²) in [6.07, 6.45) is 0. The number of aryl methyl sites for hydroxylation is 1. The summed E-state index contributed by atoms with van der Waals surface area (Å²) >= 11 is 1.40. The highest BCUT2D eigenvalue weighted by molar-refractivity contribution is 7.13. The Morgan fingerprint density at radius 2 is 1.58 bits per heavy atom. The van der Waals surface area contributed by atoms with Gasteiger partial charge < -0.3 is 5.11 Å². The first-order valence-electron chi connectivity index (χ1n) is 8.01. The zero-order chi connectivity index (χ0) is 18.3. The van der Waals surface area contributed by atoms with E-state index in [4.69, 9.17) is 0 Å². The van der Waals surface area contributed by atoms with Crippen molar-refractivity contribution in [3.05, 3.63) is 39.9 Å². The lowest BCUT2D eigenvalue weighted by atomic mass is 9.78. The van der Waals surface area contributed by atoms with Crippen molar-refractivity contribution in [1.29, 1.82) is 0 Å². The Morgan fingerprint density at radius 1 is 1.08 bits per heavy atom. The van der Waals surface area contributed by atoms with Crippen molar-refractivity contribution >= 4 is 22.4 Å². The minimum atomic E-state index is -0.266. The van der Waals surface area contributed by atoms with Gasteiger partial charge in [0.15, 0.2) is 5.13 Å². The molecule has 0 fully saturated rings. The van der Waals surface area contributed by atoms with Crippen LogP contribution in [0.4, 0.5) is 5.13 Å². The van der Waals surface area contributed by atoms with Crippen molar-refractivity contribution in [2.45, 2.75) is 59.3 Å². The van der Waals surface area contributed by atoms with Crippen LogP contribution in [0.2, 0.25) is 0 Å². The molecular formula is C19H26N2O2S. The number of phenolic OH excluding ortho intramolecular Hbond substituents is 1. The maximum atomic E-state index is 12.7. The largest absolute Gasteiger partial charge is 0.507 e. The van der Waals surface area contributed by atoms with E-state index in [1.807, 2.05) is 53.8 Å². The molecule has 0 saturated carbocycles. The maximum Gasteiger partial charge on any atom is 0.257 e. The average Bonchev–Trinajstić information content (AvgIpc) is 2.81. The highest BCUT2D eigenvalue weighted by atomic mass is 32.1. The molecule has 1 aromatic heterocycles. The van der Waals surface area contributed by atoms with Crippen LogP contribution in [0, 0.1) is 6.92 Å².